The first-order valence-electron chi connectivity index (χ1n) is 11.8. The van der Waals surface area contributed by atoms with Crippen molar-refractivity contribution in [3.8, 4) is 11.5 Å². The van der Waals surface area contributed by atoms with Gasteiger partial charge >= 0.3 is 11.9 Å². The number of nitrogens with one attached hydrogen (secondary N) is 1. The Morgan fingerprint density at radius 3 is 2.74 bits per heavy atom. The highest BCUT2D eigenvalue weighted by Gasteiger charge is 2.25. The summed E-state index contributed by atoms with van der Waals surface area (Å²) in [6.45, 7) is 3.34. The summed E-state index contributed by atoms with van der Waals surface area (Å²) in [5.41, 5.74) is 1.81. The van der Waals surface area contributed by atoms with Crippen LogP contribution in [0.4, 0.5) is 0 Å². The lowest BCUT2D eigenvalue weighted by atomic mass is 9.81. The van der Waals surface area contributed by atoms with E-state index in [1.807, 2.05) is 24.3 Å². The Bertz CT molecular complexity index is 999. The minimum atomic E-state index is -0.644. The van der Waals surface area contributed by atoms with Crippen molar-refractivity contribution in [2.24, 2.45) is 0 Å². The molecule has 0 heterocycles. The van der Waals surface area contributed by atoms with Gasteiger partial charge in [-0.2, -0.15) is 0 Å². The topological polar surface area (TPSA) is 103 Å². The van der Waals surface area contributed by atoms with Crippen molar-refractivity contribution in [2.75, 3.05) is 19.8 Å². The van der Waals surface area contributed by atoms with Gasteiger partial charge in [0.05, 0.1) is 12.7 Å². The second-order valence-electron chi connectivity index (χ2n) is 8.50. The number of halogens is 1. The first-order chi connectivity index (χ1) is 16.9. The second kappa shape index (κ2) is 13.3. The van der Waals surface area contributed by atoms with Crippen molar-refractivity contribution in [1.82, 2.24) is 5.32 Å². The average Bonchev–Trinajstić information content (AvgIpc) is 2.85. The third-order valence-electron chi connectivity index (χ3n) is 5.85. The maximum atomic E-state index is 11.8. The molecule has 0 amide bonds. The predicted molar refractivity (Wildman–Crippen MR) is 130 cm³/mol. The van der Waals surface area contributed by atoms with Crippen molar-refractivity contribution < 1.29 is 33.9 Å². The average molecular weight is 506 g/mol. The molecule has 0 radical (unpaired) electrons. The van der Waals surface area contributed by atoms with Crippen molar-refractivity contribution in [1.29, 1.82) is 0 Å². The molecule has 1 aliphatic carbocycles. The lowest BCUT2D eigenvalue weighted by Crippen LogP contribution is -2.36. The van der Waals surface area contributed by atoms with Crippen LogP contribution in [0.2, 0.25) is 5.02 Å². The van der Waals surface area contributed by atoms with Crippen LogP contribution >= 0.6 is 11.6 Å². The van der Waals surface area contributed by atoms with Crippen molar-refractivity contribution in [3.63, 3.8) is 0 Å². The molecule has 0 aromatic heterocycles. The molecule has 0 spiro atoms. The van der Waals surface area contributed by atoms with Gasteiger partial charge in [-0.25, -0.2) is 9.59 Å². The molecule has 3 rings (SSSR count). The Morgan fingerprint density at radius 2 is 2.00 bits per heavy atom. The number of rotatable bonds is 11. The number of carbonyl (C=O) groups is 2. The number of esters is 1. The number of benzene rings is 2. The van der Waals surface area contributed by atoms with Crippen LogP contribution in [-0.4, -0.2) is 42.8 Å². The van der Waals surface area contributed by atoms with E-state index in [1.54, 1.807) is 25.1 Å². The van der Waals surface area contributed by atoms with Gasteiger partial charge in [-0.15, -0.1) is 0 Å². The van der Waals surface area contributed by atoms with Crippen LogP contribution in [0.1, 0.15) is 62.7 Å². The van der Waals surface area contributed by atoms with E-state index in [1.165, 1.54) is 6.92 Å². The van der Waals surface area contributed by atoms with E-state index in [4.69, 9.17) is 26.0 Å². The second-order valence-corrected chi connectivity index (χ2v) is 8.93. The Kier molecular flexibility index (Phi) is 10.2. The van der Waals surface area contributed by atoms with Gasteiger partial charge in [0, 0.05) is 24.5 Å². The van der Waals surface area contributed by atoms with Crippen LogP contribution in [0.15, 0.2) is 42.5 Å². The van der Waals surface area contributed by atoms with Gasteiger partial charge in [0.2, 0.25) is 5.75 Å². The van der Waals surface area contributed by atoms with Crippen molar-refractivity contribution in [2.45, 2.75) is 57.6 Å². The minimum Gasteiger partial charge on any atom is -0.478 e. The standard InChI is InChI=1S/C26H32ClNO7/c1-3-32-26(31)16-33-25-14-19(10-11-24(25)35-34-17(2)29)18-6-5-9-22(13-18)28-15-23(30)20-7-4-8-21(27)12-20/h4,7-8,10-12,14,18,22-23,28,30H,3,5-6,9,13,15-16H2,1-2H3. The molecular formula is C26H32ClNO7. The van der Waals surface area contributed by atoms with Crippen molar-refractivity contribution in [3.05, 3.63) is 58.6 Å². The van der Waals surface area contributed by atoms with Crippen molar-refractivity contribution >= 4 is 23.5 Å². The summed E-state index contributed by atoms with van der Waals surface area (Å²) in [4.78, 5) is 32.7. The predicted octanol–water partition coefficient (Wildman–Crippen LogP) is 4.49. The summed E-state index contributed by atoms with van der Waals surface area (Å²) in [5, 5.41) is 14.6. The first kappa shape index (κ1) is 26.8. The van der Waals surface area contributed by atoms with Crippen LogP contribution in [0.5, 0.6) is 11.5 Å². The van der Waals surface area contributed by atoms with Gasteiger partial charge in [0.15, 0.2) is 12.4 Å². The number of hydrogen-bond donors (Lipinski definition) is 2. The molecule has 2 aromatic rings. The van der Waals surface area contributed by atoms with Crippen LogP contribution in [0, 0.1) is 0 Å². The molecule has 190 valence electrons. The van der Waals surface area contributed by atoms with Gasteiger partial charge < -0.3 is 19.9 Å². The van der Waals surface area contributed by atoms with E-state index in [2.05, 4.69) is 10.2 Å². The van der Waals surface area contributed by atoms with E-state index in [0.717, 1.165) is 36.8 Å². The number of aliphatic hydroxyl groups is 1. The Morgan fingerprint density at radius 1 is 1.17 bits per heavy atom. The molecule has 1 fully saturated rings. The molecule has 35 heavy (non-hydrogen) atoms. The number of ether oxygens (including phenoxy) is 2. The van der Waals surface area contributed by atoms with E-state index in [-0.39, 0.29) is 30.9 Å². The molecule has 9 heteroatoms. The fourth-order valence-electron chi connectivity index (χ4n) is 4.19. The van der Waals surface area contributed by atoms with E-state index in [0.29, 0.717) is 17.3 Å². The third-order valence-corrected chi connectivity index (χ3v) is 6.08. The zero-order valence-electron chi connectivity index (χ0n) is 20.0. The third kappa shape index (κ3) is 8.42. The molecular weight excluding hydrogens is 474 g/mol. The molecule has 3 unspecified atom stereocenters. The zero-order valence-corrected chi connectivity index (χ0v) is 20.8. The Balaban J connectivity index is 1.65. The molecule has 0 aliphatic heterocycles. The number of aliphatic hydroxyl groups excluding tert-OH is 1. The lowest BCUT2D eigenvalue weighted by Gasteiger charge is -2.31. The van der Waals surface area contributed by atoms with Gasteiger partial charge in [-0.05, 0) is 67.5 Å². The summed E-state index contributed by atoms with van der Waals surface area (Å²) in [5.74, 6) is -0.368. The highest BCUT2D eigenvalue weighted by molar-refractivity contribution is 6.30. The summed E-state index contributed by atoms with van der Waals surface area (Å²) in [6.07, 6.45) is 3.27. The summed E-state index contributed by atoms with van der Waals surface area (Å²) >= 11 is 6.04. The molecule has 1 saturated carbocycles. The summed E-state index contributed by atoms with van der Waals surface area (Å²) in [6, 6.07) is 12.9. The molecule has 2 N–H and O–H groups in total. The van der Waals surface area contributed by atoms with E-state index in [9.17, 15) is 14.7 Å². The number of carbonyl (C=O) groups excluding carboxylic acids is 2. The fraction of sp³-hybridized carbons (Fsp3) is 0.462. The van der Waals surface area contributed by atoms with E-state index < -0.39 is 18.0 Å². The van der Waals surface area contributed by atoms with Gasteiger partial charge in [-0.1, -0.05) is 36.2 Å². The molecule has 3 atom stereocenters. The van der Waals surface area contributed by atoms with Gasteiger partial charge in [0.25, 0.3) is 0 Å². The Labute approximate surface area is 210 Å². The van der Waals surface area contributed by atoms with Crippen LogP contribution < -0.4 is 14.9 Å². The highest BCUT2D eigenvalue weighted by atomic mass is 35.5. The maximum Gasteiger partial charge on any atom is 0.352 e. The van der Waals surface area contributed by atoms with E-state index >= 15 is 0 Å². The quantitative estimate of drug-likeness (QED) is 0.261. The lowest BCUT2D eigenvalue weighted by molar-refractivity contribution is -0.211. The fourth-order valence-corrected chi connectivity index (χ4v) is 4.39. The van der Waals surface area contributed by atoms with Crippen LogP contribution in [0.25, 0.3) is 0 Å². The smallest absolute Gasteiger partial charge is 0.352 e. The Hall–Kier alpha value is -2.81. The SMILES string of the molecule is CCOC(=O)COc1cc(C2CCCC(NCC(O)c3cccc(Cl)c3)C2)ccc1OOC(C)=O. The maximum absolute atomic E-state index is 11.8. The zero-order chi connectivity index (χ0) is 25.2. The minimum absolute atomic E-state index is 0.198. The largest absolute Gasteiger partial charge is 0.478 e. The first-order valence-corrected chi connectivity index (χ1v) is 12.2. The molecule has 1 aliphatic rings. The van der Waals surface area contributed by atoms with Gasteiger partial charge in [0.1, 0.15) is 0 Å². The summed E-state index contributed by atoms with van der Waals surface area (Å²) in [7, 11) is 0. The normalized spacial score (nSPS) is 18.4. The van der Waals surface area contributed by atoms with Crippen LogP contribution in [0.3, 0.4) is 0 Å². The highest BCUT2D eigenvalue weighted by Crippen LogP contribution is 2.38. The number of hydrogen-bond acceptors (Lipinski definition) is 8. The monoisotopic (exact) mass is 505 g/mol. The molecule has 2 aromatic carbocycles. The summed E-state index contributed by atoms with van der Waals surface area (Å²) < 4.78 is 10.6. The van der Waals surface area contributed by atoms with Crippen LogP contribution in [-0.2, 0) is 19.2 Å². The molecule has 8 nitrogen and oxygen atoms in total. The molecule has 0 bridgehead atoms. The van der Waals surface area contributed by atoms with Gasteiger partial charge in [-0.3, -0.25) is 9.78 Å². The molecule has 0 saturated heterocycles.